The summed E-state index contributed by atoms with van der Waals surface area (Å²) in [5.74, 6) is 0.0167. The fraction of sp³-hybridized carbons (Fsp3) is 0.556. The maximum Gasteiger partial charge on any atom is 0.351 e. The summed E-state index contributed by atoms with van der Waals surface area (Å²) in [5, 5.41) is 28.3. The van der Waals surface area contributed by atoms with E-state index >= 15 is 0 Å². The summed E-state index contributed by atoms with van der Waals surface area (Å²) in [5.41, 5.74) is 4.72. The molecule has 9 heteroatoms. The average molecular weight is 322 g/mol. The molecule has 0 amide bonds. The number of hydrogen-bond acceptors (Lipinski definition) is 7. The van der Waals surface area contributed by atoms with E-state index in [9.17, 15) is 15.0 Å². The summed E-state index contributed by atoms with van der Waals surface area (Å²) in [6, 6.07) is 0. The van der Waals surface area contributed by atoms with Gasteiger partial charge in [-0.15, -0.1) is 0 Å². The van der Waals surface area contributed by atoms with E-state index in [1.165, 1.54) is 6.20 Å². The summed E-state index contributed by atoms with van der Waals surface area (Å²) in [4.78, 5) is 15.2. The Morgan fingerprint density at radius 1 is 1.50 bits per heavy atom. The number of ether oxygens (including phenoxy) is 1. The van der Waals surface area contributed by atoms with Gasteiger partial charge in [-0.3, -0.25) is 4.57 Å². The monoisotopic (exact) mass is 321 g/mol. The minimum absolute atomic E-state index is 0.0167. The van der Waals surface area contributed by atoms with Crippen molar-refractivity contribution in [1.29, 1.82) is 0 Å². The molecule has 1 aromatic rings. The van der Waals surface area contributed by atoms with Gasteiger partial charge in [0, 0.05) is 6.20 Å². The van der Waals surface area contributed by atoms with Crippen LogP contribution in [0.25, 0.3) is 0 Å². The third-order valence-corrected chi connectivity index (χ3v) is 3.34. The molecule has 2 rings (SSSR count). The summed E-state index contributed by atoms with van der Waals surface area (Å²) in [6.07, 6.45) is -3.37. The summed E-state index contributed by atoms with van der Waals surface area (Å²) >= 11 is 3.10. The van der Waals surface area contributed by atoms with Crippen molar-refractivity contribution in [1.82, 2.24) is 9.55 Å². The second-order valence-electron chi connectivity index (χ2n) is 3.89. The Hall–Kier alpha value is -1.00. The quantitative estimate of drug-likeness (QED) is 0.505. The van der Waals surface area contributed by atoms with Crippen molar-refractivity contribution in [3.63, 3.8) is 0 Å². The van der Waals surface area contributed by atoms with Crippen LogP contribution in [0, 0.1) is 0 Å². The van der Waals surface area contributed by atoms with Gasteiger partial charge in [0.1, 0.15) is 24.1 Å². The number of nitrogens with two attached hydrogens (primary N) is 1. The summed E-state index contributed by atoms with van der Waals surface area (Å²) in [6.45, 7) is -0.465. The third kappa shape index (κ3) is 2.15. The Morgan fingerprint density at radius 2 is 2.17 bits per heavy atom. The van der Waals surface area contributed by atoms with Crippen molar-refractivity contribution < 1.29 is 20.1 Å². The van der Waals surface area contributed by atoms with E-state index < -0.39 is 36.8 Å². The molecule has 100 valence electrons. The largest absolute Gasteiger partial charge is 0.394 e. The lowest BCUT2D eigenvalue weighted by Crippen LogP contribution is -2.36. The number of nitrogen functional groups attached to an aromatic ring is 1. The minimum atomic E-state index is -1.34. The molecule has 0 bridgehead atoms. The first-order valence-corrected chi connectivity index (χ1v) is 5.91. The zero-order chi connectivity index (χ0) is 13.4. The van der Waals surface area contributed by atoms with Gasteiger partial charge in [-0.2, -0.15) is 4.98 Å². The van der Waals surface area contributed by atoms with Crippen LogP contribution < -0.4 is 11.4 Å². The van der Waals surface area contributed by atoms with Crippen LogP contribution in [-0.2, 0) is 4.74 Å². The molecule has 0 spiro atoms. The molecule has 1 aliphatic rings. The number of hydrogen-bond donors (Lipinski definition) is 4. The van der Waals surface area contributed by atoms with E-state index in [0.717, 1.165) is 4.57 Å². The summed E-state index contributed by atoms with van der Waals surface area (Å²) < 4.78 is 6.57. The number of aliphatic hydroxyl groups is 3. The molecular weight excluding hydrogens is 310 g/mol. The highest BCUT2D eigenvalue weighted by molar-refractivity contribution is 9.10. The Morgan fingerprint density at radius 3 is 2.72 bits per heavy atom. The van der Waals surface area contributed by atoms with E-state index in [1.807, 2.05) is 0 Å². The highest BCUT2D eigenvalue weighted by Gasteiger charge is 2.43. The molecule has 5 N–H and O–H groups in total. The number of aromatic nitrogens is 2. The summed E-state index contributed by atoms with van der Waals surface area (Å²) in [7, 11) is 0. The number of halogens is 1. The third-order valence-electron chi connectivity index (χ3n) is 2.73. The van der Waals surface area contributed by atoms with Gasteiger partial charge in [0.25, 0.3) is 0 Å². The molecule has 1 aliphatic heterocycles. The molecular formula is C9H12BrN3O5. The van der Waals surface area contributed by atoms with E-state index in [-0.39, 0.29) is 5.82 Å². The fourth-order valence-corrected chi connectivity index (χ4v) is 2.06. The van der Waals surface area contributed by atoms with Crippen molar-refractivity contribution in [2.75, 3.05) is 12.3 Å². The molecule has 1 fully saturated rings. The number of aliphatic hydroxyl groups excluding tert-OH is 3. The maximum atomic E-state index is 11.6. The van der Waals surface area contributed by atoms with Gasteiger partial charge in [-0.1, -0.05) is 0 Å². The standard InChI is InChI=1S/C9H12BrN3O5/c10-3-1-13(9(17)12-7(3)11)8-6(16)5(15)4(2-14)18-8/h1,4-6,8,14-16H,2H2,(H2,11,12,17)/t4-,5+,6-,8+/m0/s1. The van der Waals surface area contributed by atoms with Crippen LogP contribution in [0.4, 0.5) is 5.82 Å². The zero-order valence-electron chi connectivity index (χ0n) is 9.10. The van der Waals surface area contributed by atoms with E-state index in [4.69, 9.17) is 15.6 Å². The number of nitrogens with zero attached hydrogens (tertiary/aromatic N) is 2. The van der Waals surface area contributed by atoms with Crippen molar-refractivity contribution in [3.8, 4) is 0 Å². The molecule has 18 heavy (non-hydrogen) atoms. The lowest BCUT2D eigenvalue weighted by molar-refractivity contribution is -0.0550. The number of anilines is 1. The van der Waals surface area contributed by atoms with E-state index in [1.54, 1.807) is 0 Å². The smallest absolute Gasteiger partial charge is 0.351 e. The van der Waals surface area contributed by atoms with Gasteiger partial charge < -0.3 is 25.8 Å². The normalized spacial score (nSPS) is 31.8. The fourth-order valence-electron chi connectivity index (χ4n) is 1.75. The van der Waals surface area contributed by atoms with Gasteiger partial charge in [0.2, 0.25) is 0 Å². The van der Waals surface area contributed by atoms with Crippen LogP contribution in [0.3, 0.4) is 0 Å². The Balaban J connectivity index is 2.39. The van der Waals surface area contributed by atoms with Crippen molar-refractivity contribution >= 4 is 21.7 Å². The van der Waals surface area contributed by atoms with Crippen LogP contribution in [0.2, 0.25) is 0 Å². The molecule has 4 atom stereocenters. The van der Waals surface area contributed by atoms with Gasteiger partial charge >= 0.3 is 5.69 Å². The van der Waals surface area contributed by atoms with E-state index in [2.05, 4.69) is 20.9 Å². The van der Waals surface area contributed by atoms with Crippen LogP contribution in [0.5, 0.6) is 0 Å². The number of rotatable bonds is 2. The molecule has 2 heterocycles. The van der Waals surface area contributed by atoms with Crippen LogP contribution >= 0.6 is 15.9 Å². The lowest BCUT2D eigenvalue weighted by atomic mass is 10.1. The first-order valence-electron chi connectivity index (χ1n) is 5.12. The van der Waals surface area contributed by atoms with Gasteiger partial charge in [0.05, 0.1) is 11.1 Å². The zero-order valence-corrected chi connectivity index (χ0v) is 10.7. The lowest BCUT2D eigenvalue weighted by Gasteiger charge is -2.17. The van der Waals surface area contributed by atoms with E-state index in [0.29, 0.717) is 4.47 Å². The van der Waals surface area contributed by atoms with Gasteiger partial charge in [0.15, 0.2) is 6.23 Å². The SMILES string of the molecule is Nc1nc(=O)n([C@@H]2O[C@@H](CO)[C@@H](O)[C@@H]2O)cc1Br. The molecule has 0 saturated carbocycles. The van der Waals surface area contributed by atoms with Crippen molar-refractivity contribution in [2.45, 2.75) is 24.5 Å². The average Bonchev–Trinajstić information content (AvgIpc) is 2.61. The van der Waals surface area contributed by atoms with Crippen LogP contribution in [0.1, 0.15) is 6.23 Å². The first kappa shape index (κ1) is 13.4. The second-order valence-corrected chi connectivity index (χ2v) is 4.75. The highest BCUT2D eigenvalue weighted by atomic mass is 79.9. The Kier molecular flexibility index (Phi) is 3.69. The first-order chi connectivity index (χ1) is 8.45. The molecule has 8 nitrogen and oxygen atoms in total. The van der Waals surface area contributed by atoms with Gasteiger partial charge in [-0.25, -0.2) is 4.79 Å². The molecule has 0 unspecified atom stereocenters. The van der Waals surface area contributed by atoms with Crippen LogP contribution in [0.15, 0.2) is 15.5 Å². The Labute approximate surface area is 110 Å². The van der Waals surface area contributed by atoms with Crippen molar-refractivity contribution in [2.24, 2.45) is 0 Å². The predicted octanol–water partition coefficient (Wildman–Crippen LogP) is -1.80. The molecule has 0 radical (unpaired) electrons. The molecule has 0 aromatic carbocycles. The van der Waals surface area contributed by atoms with Crippen molar-refractivity contribution in [3.05, 3.63) is 21.2 Å². The van der Waals surface area contributed by atoms with Crippen LogP contribution in [-0.4, -0.2) is 49.8 Å². The highest BCUT2D eigenvalue weighted by Crippen LogP contribution is 2.29. The van der Waals surface area contributed by atoms with Gasteiger partial charge in [-0.05, 0) is 15.9 Å². The molecule has 1 saturated heterocycles. The maximum absolute atomic E-state index is 11.6. The predicted molar refractivity (Wildman–Crippen MR) is 63.6 cm³/mol. The molecule has 1 aromatic heterocycles. The topological polar surface area (TPSA) is 131 Å². The molecule has 0 aliphatic carbocycles. The minimum Gasteiger partial charge on any atom is -0.394 e. The Bertz CT molecular complexity index is 507. The second kappa shape index (κ2) is 4.94.